The number of methoxy groups -OCH3 is 1. The van der Waals surface area contributed by atoms with Crippen LogP contribution in [0.4, 0.5) is 11.4 Å². The molecular formula is C16H12N4O. The summed E-state index contributed by atoms with van der Waals surface area (Å²) in [4.78, 5) is 0. The van der Waals surface area contributed by atoms with Gasteiger partial charge in [-0.25, -0.2) is 0 Å². The third kappa shape index (κ3) is 2.47. The Hall–Kier alpha value is -3.13. The fourth-order valence-corrected chi connectivity index (χ4v) is 2.08. The van der Waals surface area contributed by atoms with Gasteiger partial charge < -0.3 is 10.1 Å². The maximum Gasteiger partial charge on any atom is 0.187 e. The molecule has 0 aliphatic carbocycles. The Morgan fingerprint density at radius 3 is 2.52 bits per heavy atom. The van der Waals surface area contributed by atoms with Gasteiger partial charge in [-0.1, -0.05) is 18.2 Å². The van der Waals surface area contributed by atoms with Crippen molar-refractivity contribution in [3.63, 3.8) is 0 Å². The molecule has 3 aromatic rings. The number of anilines is 2. The molecule has 0 aliphatic heterocycles. The molecule has 0 unspecified atom stereocenters. The van der Waals surface area contributed by atoms with Gasteiger partial charge in [0.15, 0.2) is 5.69 Å². The predicted molar refractivity (Wildman–Crippen MR) is 80.5 cm³/mol. The first-order chi connectivity index (χ1) is 10.3. The third-order valence-electron chi connectivity index (χ3n) is 3.13. The van der Waals surface area contributed by atoms with Crippen molar-refractivity contribution in [1.29, 1.82) is 5.26 Å². The lowest BCUT2D eigenvalue weighted by Gasteiger charge is -2.10. The van der Waals surface area contributed by atoms with Crippen LogP contribution in [0.2, 0.25) is 0 Å². The zero-order chi connectivity index (χ0) is 14.7. The van der Waals surface area contributed by atoms with E-state index in [0.29, 0.717) is 5.69 Å². The monoisotopic (exact) mass is 276 g/mol. The van der Waals surface area contributed by atoms with Gasteiger partial charge in [-0.15, -0.1) is 10.2 Å². The Morgan fingerprint density at radius 2 is 1.81 bits per heavy atom. The van der Waals surface area contributed by atoms with Crippen LogP contribution in [0.25, 0.3) is 10.9 Å². The highest BCUT2D eigenvalue weighted by Gasteiger charge is 2.10. The molecule has 1 heterocycles. The Kier molecular flexibility index (Phi) is 3.36. The molecular weight excluding hydrogens is 264 g/mol. The quantitative estimate of drug-likeness (QED) is 0.795. The summed E-state index contributed by atoms with van der Waals surface area (Å²) in [5, 5.41) is 21.3. The van der Waals surface area contributed by atoms with E-state index in [1.54, 1.807) is 7.11 Å². The van der Waals surface area contributed by atoms with E-state index in [1.807, 2.05) is 48.5 Å². The van der Waals surface area contributed by atoms with Gasteiger partial charge in [-0.2, -0.15) is 5.26 Å². The minimum atomic E-state index is 0.268. The van der Waals surface area contributed by atoms with Gasteiger partial charge in [-0.3, -0.25) is 0 Å². The third-order valence-corrected chi connectivity index (χ3v) is 3.13. The van der Waals surface area contributed by atoms with Crippen molar-refractivity contribution in [2.24, 2.45) is 0 Å². The number of nitriles is 1. The molecule has 21 heavy (non-hydrogen) atoms. The minimum absolute atomic E-state index is 0.268. The van der Waals surface area contributed by atoms with E-state index < -0.39 is 0 Å². The molecule has 0 saturated carbocycles. The summed E-state index contributed by atoms with van der Waals surface area (Å²) in [6.07, 6.45) is 0. The van der Waals surface area contributed by atoms with Crippen LogP contribution >= 0.6 is 0 Å². The van der Waals surface area contributed by atoms with Gasteiger partial charge >= 0.3 is 0 Å². The second kappa shape index (κ2) is 5.47. The molecule has 0 amide bonds. The molecule has 0 spiro atoms. The van der Waals surface area contributed by atoms with E-state index in [4.69, 9.17) is 4.74 Å². The summed E-state index contributed by atoms with van der Waals surface area (Å²) in [5.74, 6) is 0.777. The van der Waals surface area contributed by atoms with Gasteiger partial charge in [0.05, 0.1) is 18.3 Å². The number of nitrogens with one attached hydrogen (secondary N) is 1. The molecule has 0 atom stereocenters. The number of hydrogen-bond acceptors (Lipinski definition) is 5. The first-order valence-corrected chi connectivity index (χ1v) is 6.38. The number of nitrogens with zero attached hydrogens (tertiary/aromatic N) is 3. The van der Waals surface area contributed by atoms with Crippen molar-refractivity contribution in [3.8, 4) is 11.8 Å². The van der Waals surface area contributed by atoms with Crippen molar-refractivity contribution in [1.82, 2.24) is 10.2 Å². The maximum atomic E-state index is 9.23. The highest BCUT2D eigenvalue weighted by atomic mass is 16.5. The lowest BCUT2D eigenvalue weighted by atomic mass is 10.1. The predicted octanol–water partition coefficient (Wildman–Crippen LogP) is 3.25. The van der Waals surface area contributed by atoms with Crippen LogP contribution in [0, 0.1) is 11.3 Å². The molecule has 0 fully saturated rings. The van der Waals surface area contributed by atoms with Gasteiger partial charge in [0.1, 0.15) is 11.8 Å². The van der Waals surface area contributed by atoms with Crippen LogP contribution in [0.5, 0.6) is 5.75 Å². The van der Waals surface area contributed by atoms with Crippen LogP contribution < -0.4 is 10.1 Å². The average Bonchev–Trinajstić information content (AvgIpc) is 2.56. The maximum absolute atomic E-state index is 9.23. The van der Waals surface area contributed by atoms with Gasteiger partial charge in [0.2, 0.25) is 0 Å². The van der Waals surface area contributed by atoms with E-state index in [1.165, 1.54) is 0 Å². The molecule has 0 radical (unpaired) electrons. The van der Waals surface area contributed by atoms with E-state index in [-0.39, 0.29) is 5.69 Å². The van der Waals surface area contributed by atoms with Gasteiger partial charge in [-0.05, 0) is 30.3 Å². The number of fused-ring (bicyclic) bond motifs is 1. The summed E-state index contributed by atoms with van der Waals surface area (Å²) in [6, 6.07) is 17.1. The van der Waals surface area contributed by atoms with Crippen LogP contribution in [0.1, 0.15) is 5.69 Å². The standard InChI is InChI=1S/C16H12N4O/c1-21-12-8-6-11(7-9-12)18-16-13-4-2-3-5-14(13)19-20-15(16)10-17/h2-9H,1H3,(H,18,19). The Morgan fingerprint density at radius 1 is 1.05 bits per heavy atom. The first kappa shape index (κ1) is 12.9. The second-order valence-corrected chi connectivity index (χ2v) is 4.41. The smallest absolute Gasteiger partial charge is 0.187 e. The fourth-order valence-electron chi connectivity index (χ4n) is 2.08. The molecule has 0 aliphatic rings. The highest BCUT2D eigenvalue weighted by molar-refractivity contribution is 5.94. The van der Waals surface area contributed by atoms with Gasteiger partial charge in [0.25, 0.3) is 0 Å². The van der Waals surface area contributed by atoms with E-state index in [0.717, 1.165) is 22.3 Å². The normalized spacial score (nSPS) is 10.1. The fraction of sp³-hybridized carbons (Fsp3) is 0.0625. The van der Waals surface area contributed by atoms with Gasteiger partial charge in [0, 0.05) is 11.1 Å². The highest BCUT2D eigenvalue weighted by Crippen LogP contribution is 2.28. The Bertz CT molecular complexity index is 822. The summed E-state index contributed by atoms with van der Waals surface area (Å²) in [5.41, 5.74) is 2.52. The molecule has 2 aromatic carbocycles. The number of rotatable bonds is 3. The zero-order valence-corrected chi connectivity index (χ0v) is 11.4. The molecule has 1 N–H and O–H groups in total. The number of benzene rings is 2. The topological polar surface area (TPSA) is 70.8 Å². The lowest BCUT2D eigenvalue weighted by Crippen LogP contribution is -1.99. The SMILES string of the molecule is COc1ccc(Nc2c(C#N)nnc3ccccc23)cc1. The van der Waals surface area contributed by atoms with E-state index in [9.17, 15) is 5.26 Å². The zero-order valence-electron chi connectivity index (χ0n) is 11.4. The van der Waals surface area contributed by atoms with Crippen LogP contribution in [0.3, 0.4) is 0 Å². The molecule has 102 valence electrons. The van der Waals surface area contributed by atoms with Crippen LogP contribution in [-0.4, -0.2) is 17.3 Å². The summed E-state index contributed by atoms with van der Waals surface area (Å²) < 4.78 is 5.13. The first-order valence-electron chi connectivity index (χ1n) is 6.38. The largest absolute Gasteiger partial charge is 0.497 e. The minimum Gasteiger partial charge on any atom is -0.497 e. The second-order valence-electron chi connectivity index (χ2n) is 4.41. The van der Waals surface area contributed by atoms with Crippen molar-refractivity contribution in [2.45, 2.75) is 0 Å². The summed E-state index contributed by atoms with van der Waals surface area (Å²) in [6.45, 7) is 0. The molecule has 0 saturated heterocycles. The molecule has 5 heteroatoms. The van der Waals surface area contributed by atoms with E-state index >= 15 is 0 Å². The average molecular weight is 276 g/mol. The van der Waals surface area contributed by atoms with Crippen molar-refractivity contribution in [2.75, 3.05) is 12.4 Å². The van der Waals surface area contributed by atoms with Crippen molar-refractivity contribution >= 4 is 22.3 Å². The van der Waals surface area contributed by atoms with Crippen LogP contribution in [-0.2, 0) is 0 Å². The Balaban J connectivity index is 2.08. The molecule has 1 aromatic heterocycles. The van der Waals surface area contributed by atoms with Crippen molar-refractivity contribution < 1.29 is 4.74 Å². The number of ether oxygens (including phenoxy) is 1. The van der Waals surface area contributed by atoms with Crippen LogP contribution in [0.15, 0.2) is 48.5 Å². The number of aromatic nitrogens is 2. The van der Waals surface area contributed by atoms with Crippen molar-refractivity contribution in [3.05, 3.63) is 54.2 Å². The summed E-state index contributed by atoms with van der Waals surface area (Å²) >= 11 is 0. The lowest BCUT2D eigenvalue weighted by molar-refractivity contribution is 0.415. The molecule has 3 rings (SSSR count). The Labute approximate surface area is 121 Å². The molecule has 0 bridgehead atoms. The number of hydrogen-bond donors (Lipinski definition) is 1. The van der Waals surface area contributed by atoms with E-state index in [2.05, 4.69) is 21.6 Å². The molecule has 5 nitrogen and oxygen atoms in total. The summed E-state index contributed by atoms with van der Waals surface area (Å²) in [7, 11) is 1.62.